The number of benzene rings is 4. The van der Waals surface area contributed by atoms with Crippen molar-refractivity contribution >= 4 is 29.5 Å². The lowest BCUT2D eigenvalue weighted by molar-refractivity contribution is -0.152. The van der Waals surface area contributed by atoms with Gasteiger partial charge in [-0.2, -0.15) is 0 Å². The maximum Gasteiger partial charge on any atom is 0.343 e. The molecule has 9 nitrogen and oxygen atoms in total. The van der Waals surface area contributed by atoms with E-state index in [0.717, 1.165) is 27.2 Å². The van der Waals surface area contributed by atoms with Crippen LogP contribution >= 0.6 is 0 Å². The molecule has 9 heteroatoms. The van der Waals surface area contributed by atoms with Crippen LogP contribution in [-0.2, 0) is 19.1 Å². The van der Waals surface area contributed by atoms with E-state index < -0.39 is 54.5 Å². The first kappa shape index (κ1) is 28.2. The summed E-state index contributed by atoms with van der Waals surface area (Å²) in [6.45, 7) is -1.14. The van der Waals surface area contributed by atoms with Gasteiger partial charge in [-0.3, -0.25) is 24.1 Å². The van der Waals surface area contributed by atoms with E-state index in [0.29, 0.717) is 11.3 Å². The molecule has 1 fully saturated rings. The summed E-state index contributed by atoms with van der Waals surface area (Å²) in [5.41, 5.74) is 4.70. The smallest absolute Gasteiger partial charge is 0.343 e. The highest BCUT2D eigenvalue weighted by Gasteiger charge is 2.61. The fourth-order valence-corrected chi connectivity index (χ4v) is 6.92. The first-order chi connectivity index (χ1) is 21.9. The monoisotopic (exact) mass is 601 g/mol. The molecule has 8 rings (SSSR count). The molecule has 2 unspecified atom stereocenters. The van der Waals surface area contributed by atoms with Crippen molar-refractivity contribution in [3.05, 3.63) is 130 Å². The number of esters is 2. The van der Waals surface area contributed by atoms with Crippen LogP contribution in [0.3, 0.4) is 0 Å². The standard InChI is InChI=1S/C36H27NO8/c1-43-23-8-6-7-21(17-23)36(42)45-22-15-13-20(14-16-22)28(38)19-44-29(39)18-37-34(40)32-30-24-9-2-3-10-25(24)31(33(32)35(37)41)27-12-5-4-11-26(27)30/h2-17,30-33H,18-19H2,1H3. The zero-order valence-electron chi connectivity index (χ0n) is 24.2. The number of ketones is 1. The minimum Gasteiger partial charge on any atom is -0.497 e. The van der Waals surface area contributed by atoms with Gasteiger partial charge in [0.2, 0.25) is 11.8 Å². The Hall–Kier alpha value is -5.57. The Bertz CT molecular complexity index is 1760. The van der Waals surface area contributed by atoms with Crippen molar-refractivity contribution in [1.29, 1.82) is 0 Å². The minimum absolute atomic E-state index is 0.224. The molecule has 4 aliphatic rings. The highest BCUT2D eigenvalue weighted by atomic mass is 16.5. The second-order valence-electron chi connectivity index (χ2n) is 11.3. The Kier molecular flexibility index (Phi) is 7.00. The van der Waals surface area contributed by atoms with E-state index in [1.54, 1.807) is 24.3 Å². The van der Waals surface area contributed by atoms with Gasteiger partial charge in [0.05, 0.1) is 24.5 Å². The number of hydrogen-bond acceptors (Lipinski definition) is 8. The summed E-state index contributed by atoms with van der Waals surface area (Å²) in [7, 11) is 1.50. The Morgan fingerprint density at radius 1 is 0.667 bits per heavy atom. The summed E-state index contributed by atoms with van der Waals surface area (Å²) in [5, 5.41) is 0. The summed E-state index contributed by atoms with van der Waals surface area (Å²) >= 11 is 0. The predicted molar refractivity (Wildman–Crippen MR) is 160 cm³/mol. The molecule has 0 radical (unpaired) electrons. The van der Waals surface area contributed by atoms with Crippen molar-refractivity contribution in [2.75, 3.05) is 20.3 Å². The number of carbonyl (C=O) groups excluding carboxylic acids is 5. The first-order valence-corrected chi connectivity index (χ1v) is 14.5. The Morgan fingerprint density at radius 3 is 1.76 bits per heavy atom. The van der Waals surface area contributed by atoms with Crippen LogP contribution in [-0.4, -0.2) is 54.7 Å². The van der Waals surface area contributed by atoms with Gasteiger partial charge in [0.25, 0.3) is 0 Å². The van der Waals surface area contributed by atoms with Crippen molar-refractivity contribution in [2.45, 2.75) is 11.8 Å². The maximum atomic E-state index is 13.7. The van der Waals surface area contributed by atoms with Crippen LogP contribution in [0.2, 0.25) is 0 Å². The number of Topliss-reactive ketones (excluding diaryl/α,β-unsaturated/α-hetero) is 1. The maximum absolute atomic E-state index is 13.7. The van der Waals surface area contributed by atoms with Gasteiger partial charge in [-0.25, -0.2) is 4.79 Å². The van der Waals surface area contributed by atoms with E-state index >= 15 is 0 Å². The summed E-state index contributed by atoms with van der Waals surface area (Å²) in [6.07, 6.45) is 0. The number of methoxy groups -OCH3 is 1. The first-order valence-electron chi connectivity index (χ1n) is 14.5. The molecule has 0 spiro atoms. The van der Waals surface area contributed by atoms with Gasteiger partial charge in [0.1, 0.15) is 18.0 Å². The van der Waals surface area contributed by atoms with Gasteiger partial charge >= 0.3 is 11.9 Å². The Labute approximate surface area is 258 Å². The number of rotatable bonds is 8. The molecule has 224 valence electrons. The van der Waals surface area contributed by atoms with Crippen LogP contribution in [0.4, 0.5) is 0 Å². The number of nitrogens with zero attached hydrogens (tertiary/aromatic N) is 1. The highest BCUT2D eigenvalue weighted by molar-refractivity contribution is 6.09. The van der Waals surface area contributed by atoms with Gasteiger partial charge in [0, 0.05) is 17.4 Å². The average Bonchev–Trinajstić information content (AvgIpc) is 3.32. The second kappa shape index (κ2) is 11.2. The minimum atomic E-state index is -0.852. The summed E-state index contributed by atoms with van der Waals surface area (Å²) in [5.74, 6) is -3.74. The predicted octanol–water partition coefficient (Wildman–Crippen LogP) is 4.53. The molecule has 1 aliphatic heterocycles. The molecular formula is C36H27NO8. The van der Waals surface area contributed by atoms with E-state index in [2.05, 4.69) is 0 Å². The molecular weight excluding hydrogens is 574 g/mol. The van der Waals surface area contributed by atoms with E-state index in [-0.39, 0.29) is 23.1 Å². The largest absolute Gasteiger partial charge is 0.497 e. The van der Waals surface area contributed by atoms with Crippen LogP contribution in [0, 0.1) is 11.8 Å². The topological polar surface area (TPSA) is 116 Å². The normalized spacial score (nSPS) is 20.6. The third-order valence-electron chi connectivity index (χ3n) is 8.88. The van der Waals surface area contributed by atoms with Crippen molar-refractivity contribution in [3.63, 3.8) is 0 Å². The molecule has 45 heavy (non-hydrogen) atoms. The van der Waals surface area contributed by atoms with Gasteiger partial charge in [-0.05, 0) is 64.7 Å². The van der Waals surface area contributed by atoms with Crippen LogP contribution in [0.1, 0.15) is 54.8 Å². The quantitative estimate of drug-likeness (QED) is 0.125. The summed E-state index contributed by atoms with van der Waals surface area (Å²) < 4.78 is 15.7. The molecule has 0 aromatic heterocycles. The summed E-state index contributed by atoms with van der Waals surface area (Å²) in [4.78, 5) is 66.3. The average molecular weight is 602 g/mol. The Morgan fingerprint density at radius 2 is 1.22 bits per heavy atom. The van der Waals surface area contributed by atoms with E-state index in [1.165, 1.54) is 31.4 Å². The lowest BCUT2D eigenvalue weighted by Gasteiger charge is -2.45. The molecule has 0 N–H and O–H groups in total. The molecule has 0 saturated carbocycles. The zero-order chi connectivity index (χ0) is 31.2. The third-order valence-corrected chi connectivity index (χ3v) is 8.88. The molecule has 2 amide bonds. The van der Waals surface area contributed by atoms with Crippen LogP contribution < -0.4 is 9.47 Å². The number of imide groups is 1. The lowest BCUT2D eigenvalue weighted by atomic mass is 9.55. The van der Waals surface area contributed by atoms with Crippen LogP contribution in [0.15, 0.2) is 97.1 Å². The van der Waals surface area contributed by atoms with E-state index in [1.807, 2.05) is 48.5 Å². The molecule has 4 aromatic rings. The van der Waals surface area contributed by atoms with Crippen LogP contribution in [0.5, 0.6) is 11.5 Å². The number of likely N-dealkylation sites (tertiary alicyclic amines) is 1. The number of ether oxygens (including phenoxy) is 3. The number of carbonyl (C=O) groups is 5. The molecule has 4 aromatic carbocycles. The lowest BCUT2D eigenvalue weighted by Crippen LogP contribution is -2.41. The molecule has 2 atom stereocenters. The SMILES string of the molecule is COc1cccc(C(=O)Oc2ccc(C(=O)COC(=O)CN3C(=O)C4C5c6ccccc6C(c6ccccc65)C4C3=O)cc2)c1. The second-order valence-corrected chi connectivity index (χ2v) is 11.3. The highest BCUT2D eigenvalue weighted by Crippen LogP contribution is 2.60. The van der Waals surface area contributed by atoms with Gasteiger partial charge in [-0.1, -0.05) is 54.6 Å². The molecule has 2 bridgehead atoms. The van der Waals surface area contributed by atoms with Crippen molar-refractivity contribution in [2.24, 2.45) is 11.8 Å². The van der Waals surface area contributed by atoms with E-state index in [9.17, 15) is 24.0 Å². The molecule has 1 heterocycles. The third kappa shape index (κ3) is 4.77. The zero-order valence-corrected chi connectivity index (χ0v) is 24.2. The molecule has 1 saturated heterocycles. The summed E-state index contributed by atoms with van der Waals surface area (Å²) in [6, 6.07) is 28.1. The van der Waals surface area contributed by atoms with Gasteiger partial charge in [0.15, 0.2) is 12.4 Å². The fourth-order valence-electron chi connectivity index (χ4n) is 6.92. The fraction of sp³-hybridized carbons (Fsp3) is 0.194. The molecule has 3 aliphatic carbocycles. The van der Waals surface area contributed by atoms with Gasteiger partial charge in [-0.15, -0.1) is 0 Å². The van der Waals surface area contributed by atoms with Crippen molar-refractivity contribution in [3.8, 4) is 11.5 Å². The van der Waals surface area contributed by atoms with Crippen LogP contribution in [0.25, 0.3) is 0 Å². The number of amides is 2. The van der Waals surface area contributed by atoms with Crippen molar-refractivity contribution in [1.82, 2.24) is 4.90 Å². The Balaban J connectivity index is 0.987. The van der Waals surface area contributed by atoms with Gasteiger partial charge < -0.3 is 14.2 Å². The van der Waals surface area contributed by atoms with E-state index in [4.69, 9.17) is 14.2 Å². The van der Waals surface area contributed by atoms with Crippen molar-refractivity contribution < 1.29 is 38.2 Å². The number of hydrogen-bond donors (Lipinski definition) is 0.